The number of pyridine rings is 1. The van der Waals surface area contributed by atoms with Crippen LogP contribution in [0.25, 0.3) is 0 Å². The molecule has 0 saturated carbocycles. The highest BCUT2D eigenvalue weighted by atomic mass is 19.4. The normalized spacial score (nSPS) is 11.3. The summed E-state index contributed by atoms with van der Waals surface area (Å²) in [6.45, 7) is 0.00473. The molecule has 0 atom stereocenters. The fourth-order valence-corrected chi connectivity index (χ4v) is 1.64. The lowest BCUT2D eigenvalue weighted by atomic mass is 10.3. The third-order valence-corrected chi connectivity index (χ3v) is 2.73. The van der Waals surface area contributed by atoms with E-state index in [1.54, 1.807) is 0 Å². The topological polar surface area (TPSA) is 79.1 Å². The van der Waals surface area contributed by atoms with Crippen molar-refractivity contribution in [1.29, 1.82) is 0 Å². The number of nitrogens with zero attached hydrogens (tertiary/aromatic N) is 4. The number of halogens is 3. The number of hydrogen-bond donors (Lipinski definition) is 0. The maximum absolute atomic E-state index is 12.5. The summed E-state index contributed by atoms with van der Waals surface area (Å²) in [7, 11) is 1.26. The number of carbonyl (C=O) groups is 1. The number of esters is 1. The molecule has 0 saturated heterocycles. The first-order valence-electron chi connectivity index (χ1n) is 6.51. The summed E-state index contributed by atoms with van der Waals surface area (Å²) in [6, 6.07) is 3.42. The monoisotopic (exact) mass is 330 g/mol. The summed E-state index contributed by atoms with van der Waals surface area (Å²) in [5.74, 6) is -0.590. The molecule has 2 heterocycles. The Morgan fingerprint density at radius 1 is 1.35 bits per heavy atom. The molecule has 2 aromatic rings. The Hall–Kier alpha value is -2.65. The van der Waals surface area contributed by atoms with Crippen LogP contribution in [-0.2, 0) is 28.7 Å². The quantitative estimate of drug-likeness (QED) is 0.747. The number of carbonyl (C=O) groups excluding carboxylic acids is 1. The summed E-state index contributed by atoms with van der Waals surface area (Å²) in [4.78, 5) is 14.4. The second-order valence-corrected chi connectivity index (χ2v) is 4.44. The second-order valence-electron chi connectivity index (χ2n) is 4.44. The van der Waals surface area contributed by atoms with Crippen molar-refractivity contribution in [3.8, 4) is 5.88 Å². The molecule has 0 radical (unpaired) electrons. The van der Waals surface area contributed by atoms with E-state index in [4.69, 9.17) is 4.74 Å². The van der Waals surface area contributed by atoms with Crippen LogP contribution in [0, 0.1) is 0 Å². The minimum absolute atomic E-state index is 0.0699. The molecule has 0 aliphatic carbocycles. The van der Waals surface area contributed by atoms with Crippen LogP contribution in [0.15, 0.2) is 24.4 Å². The van der Waals surface area contributed by atoms with E-state index in [0.29, 0.717) is 12.1 Å². The van der Waals surface area contributed by atoms with Crippen molar-refractivity contribution in [3.63, 3.8) is 0 Å². The zero-order chi connectivity index (χ0) is 16.9. The van der Waals surface area contributed by atoms with Gasteiger partial charge in [0, 0.05) is 18.7 Å². The molecule has 0 bridgehead atoms. The molecular weight excluding hydrogens is 317 g/mol. The summed E-state index contributed by atoms with van der Waals surface area (Å²) in [5.41, 5.74) is -0.486. The van der Waals surface area contributed by atoms with Crippen LogP contribution in [0.4, 0.5) is 13.2 Å². The zero-order valence-corrected chi connectivity index (χ0v) is 12.1. The molecule has 7 nitrogen and oxygen atoms in total. The predicted molar refractivity (Wildman–Crippen MR) is 70.5 cm³/mol. The summed E-state index contributed by atoms with van der Waals surface area (Å²) in [5, 5.41) is 7.54. The summed E-state index contributed by atoms with van der Waals surface area (Å²) >= 11 is 0. The third-order valence-electron chi connectivity index (χ3n) is 2.73. The first-order chi connectivity index (χ1) is 10.9. The lowest BCUT2D eigenvalue weighted by molar-refractivity contribution is -0.142. The average Bonchev–Trinajstić information content (AvgIpc) is 2.94. The van der Waals surface area contributed by atoms with Crippen LogP contribution in [-0.4, -0.2) is 39.7 Å². The number of ether oxygens (including phenoxy) is 2. The van der Waals surface area contributed by atoms with Gasteiger partial charge in [-0.2, -0.15) is 13.2 Å². The largest absolute Gasteiger partial charge is 0.477 e. The highest BCUT2D eigenvalue weighted by molar-refractivity contribution is 5.68. The Bertz CT molecular complexity index is 672. The minimum Gasteiger partial charge on any atom is -0.477 e. The van der Waals surface area contributed by atoms with Gasteiger partial charge < -0.3 is 9.47 Å². The smallest absolute Gasteiger partial charge is 0.433 e. The van der Waals surface area contributed by atoms with Gasteiger partial charge in [0.05, 0.1) is 19.4 Å². The van der Waals surface area contributed by atoms with E-state index in [1.807, 2.05) is 0 Å². The molecule has 0 aliphatic rings. The van der Waals surface area contributed by atoms with E-state index in [1.165, 1.54) is 30.1 Å². The van der Waals surface area contributed by atoms with Gasteiger partial charge in [-0.3, -0.25) is 4.79 Å². The van der Waals surface area contributed by atoms with Crippen molar-refractivity contribution >= 4 is 5.97 Å². The van der Waals surface area contributed by atoms with E-state index >= 15 is 0 Å². The van der Waals surface area contributed by atoms with Crippen LogP contribution in [0.5, 0.6) is 5.88 Å². The van der Waals surface area contributed by atoms with E-state index in [9.17, 15) is 18.0 Å². The van der Waals surface area contributed by atoms with Gasteiger partial charge in [-0.25, -0.2) is 9.67 Å². The first-order valence-corrected chi connectivity index (χ1v) is 6.51. The van der Waals surface area contributed by atoms with Crippen molar-refractivity contribution in [2.24, 2.45) is 0 Å². The molecule has 124 valence electrons. The highest BCUT2D eigenvalue weighted by Gasteiger charge is 2.32. The summed E-state index contributed by atoms with van der Waals surface area (Å²) in [6.07, 6.45) is -2.69. The SMILES string of the molecule is COC(=O)Cn1cc(CCOc2cccc(C(F)(F)F)n2)nn1. The molecule has 0 spiro atoms. The van der Waals surface area contributed by atoms with Gasteiger partial charge >= 0.3 is 12.1 Å². The van der Waals surface area contributed by atoms with Crippen molar-refractivity contribution < 1.29 is 27.4 Å². The number of methoxy groups -OCH3 is 1. The molecular formula is C13H13F3N4O3. The van der Waals surface area contributed by atoms with Crippen LogP contribution < -0.4 is 4.74 Å². The van der Waals surface area contributed by atoms with Crippen molar-refractivity contribution in [2.45, 2.75) is 19.1 Å². The number of aromatic nitrogens is 4. The lowest BCUT2D eigenvalue weighted by Crippen LogP contribution is -2.11. The van der Waals surface area contributed by atoms with Crippen LogP contribution >= 0.6 is 0 Å². The van der Waals surface area contributed by atoms with Crippen LogP contribution in [0.1, 0.15) is 11.4 Å². The summed E-state index contributed by atoms with van der Waals surface area (Å²) < 4.78 is 48.5. The predicted octanol–water partition coefficient (Wildman–Crippen LogP) is 1.49. The van der Waals surface area contributed by atoms with E-state index in [-0.39, 0.29) is 19.0 Å². The molecule has 0 fully saturated rings. The van der Waals surface area contributed by atoms with Crippen molar-refractivity contribution in [2.75, 3.05) is 13.7 Å². The Morgan fingerprint density at radius 2 is 2.13 bits per heavy atom. The Morgan fingerprint density at radius 3 is 2.83 bits per heavy atom. The van der Waals surface area contributed by atoms with Gasteiger partial charge in [0.15, 0.2) is 0 Å². The molecule has 10 heteroatoms. The van der Waals surface area contributed by atoms with Gasteiger partial charge in [0.1, 0.15) is 12.2 Å². The van der Waals surface area contributed by atoms with Gasteiger partial charge in [0.25, 0.3) is 0 Å². The van der Waals surface area contributed by atoms with E-state index in [2.05, 4.69) is 20.0 Å². The maximum atomic E-state index is 12.5. The van der Waals surface area contributed by atoms with Crippen LogP contribution in [0.3, 0.4) is 0 Å². The fourth-order valence-electron chi connectivity index (χ4n) is 1.64. The number of hydrogen-bond acceptors (Lipinski definition) is 6. The Kier molecular flexibility index (Phi) is 5.14. The molecule has 2 rings (SSSR count). The van der Waals surface area contributed by atoms with Gasteiger partial charge in [-0.15, -0.1) is 5.10 Å². The Balaban J connectivity index is 1.87. The van der Waals surface area contributed by atoms with Gasteiger partial charge in [0.2, 0.25) is 5.88 Å². The van der Waals surface area contributed by atoms with Gasteiger partial charge in [-0.05, 0) is 6.07 Å². The highest BCUT2D eigenvalue weighted by Crippen LogP contribution is 2.28. The van der Waals surface area contributed by atoms with E-state index in [0.717, 1.165) is 6.07 Å². The van der Waals surface area contributed by atoms with Gasteiger partial charge in [-0.1, -0.05) is 11.3 Å². The molecule has 2 aromatic heterocycles. The van der Waals surface area contributed by atoms with E-state index < -0.39 is 17.8 Å². The molecule has 0 unspecified atom stereocenters. The fraction of sp³-hybridized carbons (Fsp3) is 0.385. The lowest BCUT2D eigenvalue weighted by Gasteiger charge is -2.08. The first kappa shape index (κ1) is 16.7. The molecule has 23 heavy (non-hydrogen) atoms. The minimum atomic E-state index is -4.52. The molecule has 0 aliphatic heterocycles. The maximum Gasteiger partial charge on any atom is 0.433 e. The van der Waals surface area contributed by atoms with Crippen LogP contribution in [0.2, 0.25) is 0 Å². The average molecular weight is 330 g/mol. The molecule has 0 aromatic carbocycles. The molecule has 0 N–H and O–H groups in total. The van der Waals surface area contributed by atoms with Crippen molar-refractivity contribution in [3.05, 3.63) is 35.8 Å². The standard InChI is InChI=1S/C13H13F3N4O3/c1-22-12(21)8-20-7-9(18-19-20)5-6-23-11-4-2-3-10(17-11)13(14,15)16/h2-4,7H,5-6,8H2,1H3. The zero-order valence-electron chi connectivity index (χ0n) is 12.1. The van der Waals surface area contributed by atoms with Crippen molar-refractivity contribution in [1.82, 2.24) is 20.0 Å². The Labute approximate surface area is 129 Å². The second kappa shape index (κ2) is 7.07. The third kappa shape index (κ3) is 4.94. The number of rotatable bonds is 6. The molecule has 0 amide bonds. The number of alkyl halides is 3.